The summed E-state index contributed by atoms with van der Waals surface area (Å²) in [5, 5.41) is 4.08. The predicted molar refractivity (Wildman–Crippen MR) is 107 cm³/mol. The number of H-pyrrole nitrogens is 1. The summed E-state index contributed by atoms with van der Waals surface area (Å²) in [7, 11) is 1.58. The molecule has 7 nitrogen and oxygen atoms in total. The monoisotopic (exact) mass is 439 g/mol. The molecule has 0 saturated heterocycles. The average Bonchev–Trinajstić information content (AvgIpc) is 2.91. The summed E-state index contributed by atoms with van der Waals surface area (Å²) < 4.78 is 3.63. The van der Waals surface area contributed by atoms with E-state index in [0.29, 0.717) is 34.0 Å². The molecule has 0 aliphatic carbocycles. The van der Waals surface area contributed by atoms with Gasteiger partial charge in [0, 0.05) is 30.8 Å². The van der Waals surface area contributed by atoms with Gasteiger partial charge in [0.15, 0.2) is 15.9 Å². The Morgan fingerprint density at radius 3 is 2.85 bits per heavy atom. The Morgan fingerprint density at radius 1 is 1.38 bits per heavy atom. The first-order valence-electron chi connectivity index (χ1n) is 8.13. The van der Waals surface area contributed by atoms with Gasteiger partial charge < -0.3 is 9.88 Å². The van der Waals surface area contributed by atoms with E-state index >= 15 is 0 Å². The number of benzene rings is 1. The second-order valence-corrected chi connectivity index (χ2v) is 7.57. The van der Waals surface area contributed by atoms with Crippen molar-refractivity contribution < 1.29 is 0 Å². The maximum absolute atomic E-state index is 12.2. The molecule has 0 saturated carbocycles. The third-order valence-electron chi connectivity index (χ3n) is 4.30. The van der Waals surface area contributed by atoms with Crippen LogP contribution in [0.15, 0.2) is 32.5 Å². The van der Waals surface area contributed by atoms with E-state index in [2.05, 4.69) is 38.1 Å². The number of aryl methyl sites for hydroxylation is 2. The molecule has 0 spiro atoms. The van der Waals surface area contributed by atoms with Gasteiger partial charge >= 0.3 is 5.69 Å². The largest absolute Gasteiger partial charge is 0.384 e. The SMILES string of the molecule is Cc1ccc(Cl)cc1NC[C@H](C)Cn1c(Br)nc2c1c(=O)[nH]c(=O)n2C. The summed E-state index contributed by atoms with van der Waals surface area (Å²) in [5.41, 5.74) is 1.92. The minimum absolute atomic E-state index is 0.193. The van der Waals surface area contributed by atoms with E-state index in [1.54, 1.807) is 11.6 Å². The van der Waals surface area contributed by atoms with Crippen LogP contribution in [0.1, 0.15) is 12.5 Å². The van der Waals surface area contributed by atoms with Crippen molar-refractivity contribution in [2.75, 3.05) is 11.9 Å². The highest BCUT2D eigenvalue weighted by molar-refractivity contribution is 9.10. The molecule has 0 aliphatic heterocycles. The minimum Gasteiger partial charge on any atom is -0.384 e. The predicted octanol–water partition coefficient (Wildman–Crippen LogP) is 2.90. The van der Waals surface area contributed by atoms with Crippen LogP contribution in [0.3, 0.4) is 0 Å². The molecule has 3 aromatic rings. The first-order chi connectivity index (χ1) is 12.3. The number of halogens is 2. The van der Waals surface area contributed by atoms with E-state index in [0.717, 1.165) is 11.3 Å². The zero-order valence-corrected chi connectivity index (χ0v) is 17.0. The molecular weight excluding hydrogens is 422 g/mol. The molecule has 0 aliphatic rings. The van der Waals surface area contributed by atoms with Crippen LogP contribution < -0.4 is 16.6 Å². The molecule has 3 rings (SSSR count). The van der Waals surface area contributed by atoms with Gasteiger partial charge in [0.2, 0.25) is 0 Å². The highest BCUT2D eigenvalue weighted by Gasteiger charge is 2.17. The van der Waals surface area contributed by atoms with E-state index in [4.69, 9.17) is 11.6 Å². The number of nitrogens with one attached hydrogen (secondary N) is 2. The first kappa shape index (κ1) is 18.7. The van der Waals surface area contributed by atoms with Crippen LogP contribution in [0.4, 0.5) is 5.69 Å². The Morgan fingerprint density at radius 2 is 2.12 bits per heavy atom. The van der Waals surface area contributed by atoms with Crippen molar-refractivity contribution in [1.29, 1.82) is 0 Å². The smallest absolute Gasteiger partial charge is 0.329 e. The van der Waals surface area contributed by atoms with E-state index in [1.165, 1.54) is 4.57 Å². The van der Waals surface area contributed by atoms with Crippen LogP contribution in [0.25, 0.3) is 11.2 Å². The van der Waals surface area contributed by atoms with Gasteiger partial charge in [-0.2, -0.15) is 0 Å². The van der Waals surface area contributed by atoms with Crippen LogP contribution in [-0.4, -0.2) is 25.6 Å². The summed E-state index contributed by atoms with van der Waals surface area (Å²) >= 11 is 9.45. The van der Waals surface area contributed by atoms with Crippen LogP contribution in [0, 0.1) is 12.8 Å². The molecule has 0 fully saturated rings. The number of nitrogens with zero attached hydrogens (tertiary/aromatic N) is 3. The lowest BCUT2D eigenvalue weighted by molar-refractivity contribution is 0.505. The number of hydrogen-bond donors (Lipinski definition) is 2. The fourth-order valence-electron chi connectivity index (χ4n) is 2.82. The average molecular weight is 441 g/mol. The molecular formula is C17H19BrClN5O2. The van der Waals surface area contributed by atoms with E-state index in [-0.39, 0.29) is 5.92 Å². The van der Waals surface area contributed by atoms with Crippen LogP contribution in [0.2, 0.25) is 5.02 Å². The van der Waals surface area contributed by atoms with Crippen LogP contribution >= 0.6 is 27.5 Å². The van der Waals surface area contributed by atoms with Gasteiger partial charge in [-0.1, -0.05) is 24.6 Å². The Hall–Kier alpha value is -2.06. The van der Waals surface area contributed by atoms with E-state index in [1.807, 2.05) is 25.1 Å². The van der Waals surface area contributed by atoms with Crippen molar-refractivity contribution in [2.45, 2.75) is 20.4 Å². The highest BCUT2D eigenvalue weighted by atomic mass is 79.9. The summed E-state index contributed by atoms with van der Waals surface area (Å²) in [4.78, 5) is 30.6. The zero-order valence-electron chi connectivity index (χ0n) is 14.6. The van der Waals surface area contributed by atoms with Crippen LogP contribution in [0.5, 0.6) is 0 Å². The van der Waals surface area contributed by atoms with Gasteiger partial charge in [0.05, 0.1) is 0 Å². The second kappa shape index (κ2) is 7.28. The fourth-order valence-corrected chi connectivity index (χ4v) is 3.48. The van der Waals surface area contributed by atoms with Gasteiger partial charge in [0.25, 0.3) is 5.56 Å². The van der Waals surface area contributed by atoms with Crippen molar-refractivity contribution in [3.05, 3.63) is 54.4 Å². The first-order valence-corrected chi connectivity index (χ1v) is 9.30. The van der Waals surface area contributed by atoms with Crippen molar-refractivity contribution in [2.24, 2.45) is 13.0 Å². The molecule has 0 unspecified atom stereocenters. The van der Waals surface area contributed by atoms with Gasteiger partial charge in [-0.25, -0.2) is 9.78 Å². The van der Waals surface area contributed by atoms with E-state index in [9.17, 15) is 9.59 Å². The molecule has 2 N–H and O–H groups in total. The number of anilines is 1. The lowest BCUT2D eigenvalue weighted by atomic mass is 10.1. The summed E-state index contributed by atoms with van der Waals surface area (Å²) in [5.74, 6) is 0.193. The van der Waals surface area contributed by atoms with Crippen molar-refractivity contribution in [3.8, 4) is 0 Å². The molecule has 0 amide bonds. The number of aromatic amines is 1. The molecule has 1 aromatic carbocycles. The highest BCUT2D eigenvalue weighted by Crippen LogP contribution is 2.22. The Bertz CT molecular complexity index is 1090. The van der Waals surface area contributed by atoms with Crippen LogP contribution in [-0.2, 0) is 13.6 Å². The molecule has 0 radical (unpaired) electrons. The summed E-state index contributed by atoms with van der Waals surface area (Å²) in [6.45, 7) is 5.34. The molecule has 0 bridgehead atoms. The maximum atomic E-state index is 12.2. The lowest BCUT2D eigenvalue weighted by Gasteiger charge is -2.16. The standard InChI is InChI=1S/C17H19BrClN5O2/c1-9(7-20-12-6-11(19)5-4-10(12)2)8-24-13-14(21-16(24)18)23(3)17(26)22-15(13)25/h4-6,9,20H,7-8H2,1-3H3,(H,22,25,26)/t9-/m0/s1. The van der Waals surface area contributed by atoms with Gasteiger partial charge in [-0.15, -0.1) is 0 Å². The second-order valence-electron chi connectivity index (χ2n) is 6.43. The van der Waals surface area contributed by atoms with Crippen molar-refractivity contribution in [1.82, 2.24) is 19.1 Å². The number of rotatable bonds is 5. The Kier molecular flexibility index (Phi) is 5.24. The molecule has 138 valence electrons. The number of imidazole rings is 1. The quantitative estimate of drug-likeness (QED) is 0.598. The molecule has 2 heterocycles. The Labute approximate surface area is 163 Å². The minimum atomic E-state index is -0.481. The molecule has 9 heteroatoms. The molecule has 26 heavy (non-hydrogen) atoms. The summed E-state index contributed by atoms with van der Waals surface area (Å²) in [6.07, 6.45) is 0. The fraction of sp³-hybridized carbons (Fsp3) is 0.353. The summed E-state index contributed by atoms with van der Waals surface area (Å²) in [6, 6.07) is 5.72. The van der Waals surface area contributed by atoms with Gasteiger partial charge in [0.1, 0.15) is 0 Å². The maximum Gasteiger partial charge on any atom is 0.329 e. The third-order valence-corrected chi connectivity index (χ3v) is 5.14. The Balaban J connectivity index is 1.84. The number of hydrogen-bond acceptors (Lipinski definition) is 4. The van der Waals surface area contributed by atoms with Crippen molar-refractivity contribution >= 4 is 44.4 Å². The van der Waals surface area contributed by atoms with E-state index < -0.39 is 11.2 Å². The molecule has 2 aromatic heterocycles. The normalized spacial score (nSPS) is 12.5. The molecule has 1 atom stereocenters. The lowest BCUT2D eigenvalue weighted by Crippen LogP contribution is -2.29. The van der Waals surface area contributed by atoms with Gasteiger partial charge in [-0.3, -0.25) is 14.3 Å². The zero-order chi connectivity index (χ0) is 19.0. The third kappa shape index (κ3) is 3.57. The van der Waals surface area contributed by atoms with Crippen molar-refractivity contribution in [3.63, 3.8) is 0 Å². The number of aromatic nitrogens is 4. The number of fused-ring (bicyclic) bond motifs is 1. The topological polar surface area (TPSA) is 84.7 Å². The van der Waals surface area contributed by atoms with Gasteiger partial charge in [-0.05, 0) is 46.5 Å².